The first-order chi connectivity index (χ1) is 14.4. The molecular weight excluding hydrogens is 510 g/mol. The molecule has 1 saturated heterocycles. The van der Waals surface area contributed by atoms with Crippen LogP contribution in [0.2, 0.25) is 0 Å². The standard InChI is InChI=1S/C19H20BrN3O4S3/c1-2-27-13-5-6-14-15(10-13)28-19(21-14)22-18(24)12-4-3-9-23(11-12)30(25,26)17-8-7-16(20)29-17/h5-8,10,12H,2-4,9,11H2,1H3,(H,21,22,24). The van der Waals surface area contributed by atoms with Crippen molar-refractivity contribution in [3.8, 4) is 5.75 Å². The van der Waals surface area contributed by atoms with Crippen LogP contribution in [0.15, 0.2) is 38.3 Å². The molecule has 0 saturated carbocycles. The van der Waals surface area contributed by atoms with Gasteiger partial charge in [-0.2, -0.15) is 4.31 Å². The quantitative estimate of drug-likeness (QED) is 0.505. The highest BCUT2D eigenvalue weighted by Crippen LogP contribution is 2.32. The van der Waals surface area contributed by atoms with E-state index >= 15 is 0 Å². The van der Waals surface area contributed by atoms with Crippen molar-refractivity contribution in [1.82, 2.24) is 9.29 Å². The smallest absolute Gasteiger partial charge is 0.252 e. The summed E-state index contributed by atoms with van der Waals surface area (Å²) < 4.78 is 34.7. The molecule has 1 unspecified atom stereocenters. The van der Waals surface area contributed by atoms with Gasteiger partial charge in [-0.1, -0.05) is 11.3 Å². The molecule has 11 heteroatoms. The van der Waals surface area contributed by atoms with Crippen molar-refractivity contribution >= 4 is 69.9 Å². The zero-order chi connectivity index (χ0) is 21.3. The maximum Gasteiger partial charge on any atom is 0.252 e. The van der Waals surface area contributed by atoms with Gasteiger partial charge in [0, 0.05) is 13.1 Å². The number of hydrogen-bond acceptors (Lipinski definition) is 7. The molecule has 30 heavy (non-hydrogen) atoms. The van der Waals surface area contributed by atoms with Crippen molar-refractivity contribution in [1.29, 1.82) is 0 Å². The number of sulfonamides is 1. The van der Waals surface area contributed by atoms with Crippen LogP contribution in [0.5, 0.6) is 5.75 Å². The normalized spacial score (nSPS) is 17.9. The summed E-state index contributed by atoms with van der Waals surface area (Å²) in [6, 6.07) is 8.92. The lowest BCUT2D eigenvalue weighted by Gasteiger charge is -2.30. The van der Waals surface area contributed by atoms with Gasteiger partial charge < -0.3 is 10.1 Å². The lowest BCUT2D eigenvalue weighted by molar-refractivity contribution is -0.120. The molecule has 7 nitrogen and oxygen atoms in total. The van der Waals surface area contributed by atoms with E-state index in [1.807, 2.05) is 25.1 Å². The minimum atomic E-state index is -3.60. The van der Waals surface area contributed by atoms with Gasteiger partial charge in [0.15, 0.2) is 5.13 Å². The van der Waals surface area contributed by atoms with Gasteiger partial charge in [-0.25, -0.2) is 13.4 Å². The summed E-state index contributed by atoms with van der Waals surface area (Å²) in [7, 11) is -3.60. The Morgan fingerprint density at radius 3 is 2.90 bits per heavy atom. The van der Waals surface area contributed by atoms with Gasteiger partial charge in [0.05, 0.1) is 26.5 Å². The number of nitrogens with one attached hydrogen (secondary N) is 1. The van der Waals surface area contributed by atoms with Crippen LogP contribution >= 0.6 is 38.6 Å². The van der Waals surface area contributed by atoms with Gasteiger partial charge in [-0.15, -0.1) is 11.3 Å². The topological polar surface area (TPSA) is 88.6 Å². The number of benzene rings is 1. The number of carbonyl (C=O) groups is 1. The Hall–Kier alpha value is -1.53. The largest absolute Gasteiger partial charge is 0.494 e. The van der Waals surface area contributed by atoms with E-state index in [9.17, 15) is 13.2 Å². The Labute approximate surface area is 191 Å². The van der Waals surface area contributed by atoms with Crippen LogP contribution in [0, 0.1) is 5.92 Å². The van der Waals surface area contributed by atoms with Crippen molar-refractivity contribution in [3.05, 3.63) is 34.1 Å². The highest BCUT2D eigenvalue weighted by atomic mass is 79.9. The summed E-state index contributed by atoms with van der Waals surface area (Å²) in [5, 5.41) is 3.38. The third-order valence-electron chi connectivity index (χ3n) is 4.80. The number of halogens is 1. The average Bonchev–Trinajstić information content (AvgIpc) is 3.34. The fourth-order valence-corrected chi connectivity index (χ4v) is 7.95. The first kappa shape index (κ1) is 21.7. The molecule has 160 valence electrons. The molecule has 1 amide bonds. The number of aromatic nitrogens is 1. The number of piperidine rings is 1. The van der Waals surface area contributed by atoms with E-state index in [1.54, 1.807) is 12.1 Å². The first-order valence-electron chi connectivity index (χ1n) is 9.46. The zero-order valence-electron chi connectivity index (χ0n) is 16.1. The number of fused-ring (bicyclic) bond motifs is 1. The number of nitrogens with zero attached hydrogens (tertiary/aromatic N) is 2. The van der Waals surface area contributed by atoms with E-state index in [2.05, 4.69) is 26.2 Å². The second-order valence-electron chi connectivity index (χ2n) is 6.83. The predicted octanol–water partition coefficient (Wildman–Crippen LogP) is 4.56. The first-order valence-corrected chi connectivity index (χ1v) is 13.3. The number of carbonyl (C=O) groups excluding carboxylic acids is 1. The van der Waals surface area contributed by atoms with Crippen LogP contribution in [-0.2, 0) is 14.8 Å². The summed E-state index contributed by atoms with van der Waals surface area (Å²) in [5.41, 5.74) is 0.787. The maximum atomic E-state index is 12.9. The third kappa shape index (κ3) is 4.54. The fraction of sp³-hybridized carbons (Fsp3) is 0.368. The van der Waals surface area contributed by atoms with Gasteiger partial charge in [0.25, 0.3) is 10.0 Å². The number of anilines is 1. The van der Waals surface area contributed by atoms with Crippen molar-refractivity contribution in [2.75, 3.05) is 25.0 Å². The summed E-state index contributed by atoms with van der Waals surface area (Å²) >= 11 is 5.86. The summed E-state index contributed by atoms with van der Waals surface area (Å²) in [4.78, 5) is 17.3. The molecular formula is C19H20BrN3O4S3. The van der Waals surface area contributed by atoms with E-state index in [0.717, 1.165) is 19.8 Å². The maximum absolute atomic E-state index is 12.9. The molecule has 3 aromatic rings. The molecule has 2 aromatic heterocycles. The lowest BCUT2D eigenvalue weighted by atomic mass is 9.99. The molecule has 1 aromatic carbocycles. The van der Waals surface area contributed by atoms with E-state index in [1.165, 1.54) is 27.0 Å². The van der Waals surface area contributed by atoms with Gasteiger partial charge in [-0.3, -0.25) is 4.79 Å². The van der Waals surface area contributed by atoms with Gasteiger partial charge >= 0.3 is 0 Å². The molecule has 0 bridgehead atoms. The predicted molar refractivity (Wildman–Crippen MR) is 123 cm³/mol. The van der Waals surface area contributed by atoms with Crippen LogP contribution in [0.3, 0.4) is 0 Å². The Kier molecular flexibility index (Phi) is 6.44. The van der Waals surface area contributed by atoms with Gasteiger partial charge in [0.1, 0.15) is 9.96 Å². The number of amides is 1. The minimum absolute atomic E-state index is 0.170. The number of thiophene rings is 1. The Morgan fingerprint density at radius 1 is 1.33 bits per heavy atom. The molecule has 1 aliphatic heterocycles. The molecule has 1 fully saturated rings. The van der Waals surface area contributed by atoms with Crippen LogP contribution in [0.4, 0.5) is 5.13 Å². The minimum Gasteiger partial charge on any atom is -0.494 e. The SMILES string of the molecule is CCOc1ccc2nc(NC(=O)C3CCCN(S(=O)(=O)c4ccc(Br)s4)C3)sc2c1. The van der Waals surface area contributed by atoms with Crippen LogP contribution in [-0.4, -0.2) is 43.3 Å². The number of thiazole rings is 1. The monoisotopic (exact) mass is 529 g/mol. The molecule has 4 rings (SSSR count). The van der Waals surface area contributed by atoms with E-state index < -0.39 is 15.9 Å². The Bertz CT molecular complexity index is 1170. The lowest BCUT2D eigenvalue weighted by Crippen LogP contribution is -2.43. The van der Waals surface area contributed by atoms with Crippen LogP contribution in [0.25, 0.3) is 10.2 Å². The molecule has 3 heterocycles. The van der Waals surface area contributed by atoms with Gasteiger partial charge in [-0.05, 0) is 66.0 Å². The molecule has 1 N–H and O–H groups in total. The summed E-state index contributed by atoms with van der Waals surface area (Å²) in [5.74, 6) is 0.147. The summed E-state index contributed by atoms with van der Waals surface area (Å²) in [6.45, 7) is 3.09. The van der Waals surface area contributed by atoms with E-state index in [0.29, 0.717) is 31.1 Å². The second-order valence-corrected chi connectivity index (χ2v) is 12.5. The van der Waals surface area contributed by atoms with E-state index in [4.69, 9.17) is 4.74 Å². The number of rotatable bonds is 6. The highest BCUT2D eigenvalue weighted by molar-refractivity contribution is 9.11. The third-order valence-corrected chi connectivity index (χ3v) is 9.69. The van der Waals surface area contributed by atoms with Crippen LogP contribution in [0.1, 0.15) is 19.8 Å². The zero-order valence-corrected chi connectivity index (χ0v) is 20.2. The second kappa shape index (κ2) is 8.91. The Morgan fingerprint density at radius 2 is 2.17 bits per heavy atom. The summed E-state index contributed by atoms with van der Waals surface area (Å²) in [6.07, 6.45) is 1.28. The fourth-order valence-electron chi connectivity index (χ4n) is 3.36. The molecule has 0 radical (unpaired) electrons. The molecule has 0 aliphatic carbocycles. The van der Waals surface area contributed by atoms with E-state index in [-0.39, 0.29) is 16.7 Å². The van der Waals surface area contributed by atoms with Crippen LogP contribution < -0.4 is 10.1 Å². The molecule has 1 aliphatic rings. The molecule has 1 atom stereocenters. The number of hydrogen-bond donors (Lipinski definition) is 1. The Balaban J connectivity index is 1.46. The average molecular weight is 530 g/mol. The number of ether oxygens (including phenoxy) is 1. The van der Waals surface area contributed by atoms with Crippen molar-refractivity contribution in [3.63, 3.8) is 0 Å². The van der Waals surface area contributed by atoms with Crippen molar-refractivity contribution in [2.24, 2.45) is 5.92 Å². The highest BCUT2D eigenvalue weighted by Gasteiger charge is 2.34. The van der Waals surface area contributed by atoms with Crippen molar-refractivity contribution < 1.29 is 17.9 Å². The molecule has 0 spiro atoms. The van der Waals surface area contributed by atoms with Gasteiger partial charge in [0.2, 0.25) is 5.91 Å². The van der Waals surface area contributed by atoms with Crippen molar-refractivity contribution in [2.45, 2.75) is 24.0 Å².